The van der Waals surface area contributed by atoms with Gasteiger partial charge in [-0.15, -0.1) is 0 Å². The number of benzene rings is 2. The van der Waals surface area contributed by atoms with E-state index in [-0.39, 0.29) is 17.5 Å². The van der Waals surface area contributed by atoms with Gasteiger partial charge in [-0.3, -0.25) is 19.9 Å². The van der Waals surface area contributed by atoms with Crippen LogP contribution in [-0.4, -0.2) is 40.3 Å². The van der Waals surface area contributed by atoms with E-state index in [4.69, 9.17) is 0 Å². The van der Waals surface area contributed by atoms with Gasteiger partial charge in [0.25, 0.3) is 5.69 Å². The molecule has 4 rings (SSSR count). The molecule has 7 nitrogen and oxygen atoms in total. The van der Waals surface area contributed by atoms with E-state index in [0.29, 0.717) is 18.4 Å². The largest absolute Gasteiger partial charge is 0.384 e. The second kappa shape index (κ2) is 8.26. The lowest BCUT2D eigenvalue weighted by atomic mass is 10.1. The van der Waals surface area contributed by atoms with Gasteiger partial charge in [0, 0.05) is 61.5 Å². The van der Waals surface area contributed by atoms with Crippen LogP contribution in [0, 0.1) is 16.0 Å². The van der Waals surface area contributed by atoms with E-state index in [1.165, 1.54) is 17.8 Å². The molecular formula is C22H22N4O3. The lowest BCUT2D eigenvalue weighted by molar-refractivity contribution is -0.383. The van der Waals surface area contributed by atoms with Crippen LogP contribution in [0.2, 0.25) is 0 Å². The van der Waals surface area contributed by atoms with Crippen LogP contribution in [0.4, 0.5) is 11.4 Å². The molecule has 0 spiro atoms. The van der Waals surface area contributed by atoms with E-state index in [2.05, 4.69) is 22.4 Å². The molecule has 1 amide bonds. The molecule has 2 aromatic carbocycles. The molecule has 2 heterocycles. The van der Waals surface area contributed by atoms with E-state index >= 15 is 0 Å². The average Bonchev–Trinajstić information content (AvgIpc) is 3.10. The number of likely N-dealkylation sites (tertiary alicyclic amines) is 1. The first-order chi connectivity index (χ1) is 14.1. The highest BCUT2D eigenvalue weighted by Crippen LogP contribution is 2.31. The summed E-state index contributed by atoms with van der Waals surface area (Å²) in [6.45, 7) is 2.10. The molecule has 3 aromatic rings. The maximum absolute atomic E-state index is 12.4. The summed E-state index contributed by atoms with van der Waals surface area (Å²) in [5, 5.41) is 15.9. The molecule has 0 bridgehead atoms. The summed E-state index contributed by atoms with van der Waals surface area (Å²) in [4.78, 5) is 29.2. The highest BCUT2D eigenvalue weighted by molar-refractivity contribution is 5.99. The van der Waals surface area contributed by atoms with Gasteiger partial charge in [0.2, 0.25) is 5.91 Å². The molecule has 1 aliphatic rings. The summed E-state index contributed by atoms with van der Waals surface area (Å²) < 4.78 is 0. The molecule has 0 radical (unpaired) electrons. The number of nitro benzene ring substituents is 1. The number of hydrogen-bond donors (Lipinski definition) is 1. The topological polar surface area (TPSA) is 88.4 Å². The summed E-state index contributed by atoms with van der Waals surface area (Å²) >= 11 is 0. The first-order valence-corrected chi connectivity index (χ1v) is 9.68. The SMILES string of the molecule is O=C1CC(CNc2ccc([N+](=O)[O-])c3cnccc23)CN1CCc1ccccc1. The Balaban J connectivity index is 1.39. The summed E-state index contributed by atoms with van der Waals surface area (Å²) in [6.07, 6.45) is 4.52. The van der Waals surface area contributed by atoms with Crippen molar-refractivity contribution in [3.05, 3.63) is 76.6 Å². The van der Waals surface area contributed by atoms with Gasteiger partial charge in [-0.1, -0.05) is 30.3 Å². The monoisotopic (exact) mass is 390 g/mol. The number of anilines is 1. The van der Waals surface area contributed by atoms with Crippen LogP contribution < -0.4 is 5.32 Å². The smallest absolute Gasteiger partial charge is 0.278 e. The molecule has 0 aliphatic carbocycles. The molecule has 29 heavy (non-hydrogen) atoms. The lowest BCUT2D eigenvalue weighted by Gasteiger charge is -2.17. The Labute approximate surface area is 168 Å². The molecule has 7 heteroatoms. The molecule has 1 saturated heterocycles. The lowest BCUT2D eigenvalue weighted by Crippen LogP contribution is -2.28. The fraction of sp³-hybridized carbons (Fsp3) is 0.273. The highest BCUT2D eigenvalue weighted by atomic mass is 16.6. The number of non-ortho nitro benzene ring substituents is 1. The summed E-state index contributed by atoms with van der Waals surface area (Å²) in [6, 6.07) is 15.2. The van der Waals surface area contributed by atoms with Crippen LogP contribution >= 0.6 is 0 Å². The predicted octanol–water partition coefficient (Wildman–Crippen LogP) is 3.65. The predicted molar refractivity (Wildman–Crippen MR) is 112 cm³/mol. The van der Waals surface area contributed by atoms with Gasteiger partial charge in [0.05, 0.1) is 10.3 Å². The van der Waals surface area contributed by atoms with Crippen molar-refractivity contribution in [2.24, 2.45) is 5.92 Å². The molecule has 0 saturated carbocycles. The van der Waals surface area contributed by atoms with Crippen molar-refractivity contribution < 1.29 is 9.72 Å². The van der Waals surface area contributed by atoms with Crippen molar-refractivity contribution in [3.8, 4) is 0 Å². The third kappa shape index (κ3) is 4.18. The number of fused-ring (bicyclic) bond motifs is 1. The second-order valence-corrected chi connectivity index (χ2v) is 7.34. The third-order valence-electron chi connectivity index (χ3n) is 5.38. The van der Waals surface area contributed by atoms with E-state index in [1.807, 2.05) is 23.1 Å². The molecule has 1 unspecified atom stereocenters. The minimum atomic E-state index is -0.395. The van der Waals surface area contributed by atoms with E-state index in [1.54, 1.807) is 18.3 Å². The van der Waals surface area contributed by atoms with Gasteiger partial charge in [-0.25, -0.2) is 0 Å². The number of aromatic nitrogens is 1. The molecule has 1 aliphatic heterocycles. The van der Waals surface area contributed by atoms with E-state index in [9.17, 15) is 14.9 Å². The second-order valence-electron chi connectivity index (χ2n) is 7.34. The van der Waals surface area contributed by atoms with E-state index < -0.39 is 4.92 Å². The fourth-order valence-corrected chi connectivity index (χ4v) is 3.86. The fourth-order valence-electron chi connectivity index (χ4n) is 3.86. The van der Waals surface area contributed by atoms with Crippen LogP contribution in [-0.2, 0) is 11.2 Å². The maximum atomic E-state index is 12.4. The van der Waals surface area contributed by atoms with Crippen LogP contribution in [0.3, 0.4) is 0 Å². The number of hydrogen-bond acceptors (Lipinski definition) is 5. The minimum Gasteiger partial charge on any atom is -0.384 e. The van der Waals surface area contributed by atoms with Crippen LogP contribution in [0.5, 0.6) is 0 Å². The number of amides is 1. The zero-order chi connectivity index (χ0) is 20.2. The number of carbonyl (C=O) groups is 1. The number of pyridine rings is 1. The highest BCUT2D eigenvalue weighted by Gasteiger charge is 2.29. The normalized spacial score (nSPS) is 16.3. The summed E-state index contributed by atoms with van der Waals surface area (Å²) in [5.74, 6) is 0.399. The number of carbonyl (C=O) groups excluding carboxylic acids is 1. The van der Waals surface area contributed by atoms with Gasteiger partial charge in [-0.2, -0.15) is 0 Å². The molecular weight excluding hydrogens is 368 g/mol. The van der Waals surface area contributed by atoms with Crippen LogP contribution in [0.25, 0.3) is 10.8 Å². The quantitative estimate of drug-likeness (QED) is 0.491. The van der Waals surface area contributed by atoms with Gasteiger partial charge >= 0.3 is 0 Å². The van der Waals surface area contributed by atoms with Crippen LogP contribution in [0.15, 0.2) is 60.9 Å². The van der Waals surface area contributed by atoms with Gasteiger partial charge in [-0.05, 0) is 24.1 Å². The van der Waals surface area contributed by atoms with Gasteiger partial charge < -0.3 is 10.2 Å². The first-order valence-electron chi connectivity index (χ1n) is 9.68. The van der Waals surface area contributed by atoms with Crippen LogP contribution in [0.1, 0.15) is 12.0 Å². The average molecular weight is 390 g/mol. The van der Waals surface area contributed by atoms with Crippen molar-refractivity contribution in [1.82, 2.24) is 9.88 Å². The third-order valence-corrected chi connectivity index (χ3v) is 5.38. The Morgan fingerprint density at radius 1 is 1.14 bits per heavy atom. The summed E-state index contributed by atoms with van der Waals surface area (Å²) in [5.41, 5.74) is 2.10. The van der Waals surface area contributed by atoms with Gasteiger partial charge in [0.15, 0.2) is 0 Å². The molecule has 1 N–H and O–H groups in total. The van der Waals surface area contributed by atoms with Crippen molar-refractivity contribution in [2.75, 3.05) is 25.0 Å². The number of nitro groups is 1. The van der Waals surface area contributed by atoms with Gasteiger partial charge in [0.1, 0.15) is 0 Å². The van der Waals surface area contributed by atoms with Crippen molar-refractivity contribution in [3.63, 3.8) is 0 Å². The summed E-state index contributed by atoms with van der Waals surface area (Å²) in [7, 11) is 0. The molecule has 1 fully saturated rings. The van der Waals surface area contributed by atoms with Crippen molar-refractivity contribution in [1.29, 1.82) is 0 Å². The standard InChI is InChI=1S/C22H22N4O3/c27-22-12-17(15-25(22)11-9-16-4-2-1-3-5-16)13-24-20-6-7-21(26(28)29)19-14-23-10-8-18(19)20/h1-8,10,14,17,24H,9,11-13,15H2. The Kier molecular flexibility index (Phi) is 5.37. The Morgan fingerprint density at radius 3 is 2.76 bits per heavy atom. The van der Waals surface area contributed by atoms with Crippen molar-refractivity contribution >= 4 is 28.1 Å². The maximum Gasteiger partial charge on any atom is 0.278 e. The van der Waals surface area contributed by atoms with E-state index in [0.717, 1.165) is 30.6 Å². The first kappa shape index (κ1) is 18.9. The number of nitrogens with zero attached hydrogens (tertiary/aromatic N) is 3. The zero-order valence-electron chi connectivity index (χ0n) is 16.0. The van der Waals surface area contributed by atoms with Crippen molar-refractivity contribution in [2.45, 2.75) is 12.8 Å². The molecule has 148 valence electrons. The number of rotatable bonds is 7. The Hall–Kier alpha value is -3.48. The Bertz CT molecular complexity index is 1040. The number of nitrogens with one attached hydrogen (secondary N) is 1. The minimum absolute atomic E-state index is 0.0433. The zero-order valence-corrected chi connectivity index (χ0v) is 16.0. The molecule has 1 aromatic heterocycles. The Morgan fingerprint density at radius 2 is 1.97 bits per heavy atom. The molecule has 1 atom stereocenters.